The van der Waals surface area contributed by atoms with Crippen LogP contribution in [0, 0.1) is 0 Å². The number of para-hydroxylation sites is 1. The van der Waals surface area contributed by atoms with Gasteiger partial charge in [-0.15, -0.1) is 0 Å². The predicted molar refractivity (Wildman–Crippen MR) is 80.6 cm³/mol. The second kappa shape index (κ2) is 5.67. The standard InChI is InChI=1S/C16H13NOS/c1-2-7-13(8-3-1)9-6-12-18-16-17-14-10-4-5-11-15(14)19-16/h1-11H,12H2. The number of aromatic nitrogens is 1. The van der Waals surface area contributed by atoms with Crippen molar-refractivity contribution in [2.75, 3.05) is 6.61 Å². The second-order valence-electron chi connectivity index (χ2n) is 4.07. The van der Waals surface area contributed by atoms with Crippen LogP contribution < -0.4 is 4.74 Å². The molecule has 3 rings (SSSR count). The van der Waals surface area contributed by atoms with Gasteiger partial charge in [-0.05, 0) is 23.8 Å². The van der Waals surface area contributed by atoms with Gasteiger partial charge in [0, 0.05) is 0 Å². The van der Waals surface area contributed by atoms with Crippen molar-refractivity contribution in [3.63, 3.8) is 0 Å². The molecule has 1 aromatic heterocycles. The molecule has 0 unspecified atom stereocenters. The van der Waals surface area contributed by atoms with Gasteiger partial charge >= 0.3 is 0 Å². The van der Waals surface area contributed by atoms with Crippen LogP contribution in [0.25, 0.3) is 16.3 Å². The monoisotopic (exact) mass is 267 g/mol. The molecule has 0 amide bonds. The molecule has 0 aliphatic heterocycles. The van der Waals surface area contributed by atoms with Crippen LogP contribution in [0.4, 0.5) is 0 Å². The molecule has 0 aliphatic rings. The largest absolute Gasteiger partial charge is 0.466 e. The summed E-state index contributed by atoms with van der Waals surface area (Å²) in [4.78, 5) is 4.42. The van der Waals surface area contributed by atoms with Crippen molar-refractivity contribution in [3.05, 3.63) is 66.2 Å². The normalized spacial score (nSPS) is 11.2. The average molecular weight is 267 g/mol. The van der Waals surface area contributed by atoms with Crippen molar-refractivity contribution in [2.45, 2.75) is 0 Å². The zero-order chi connectivity index (χ0) is 12.9. The van der Waals surface area contributed by atoms with E-state index in [2.05, 4.69) is 23.2 Å². The Morgan fingerprint density at radius 2 is 1.79 bits per heavy atom. The summed E-state index contributed by atoms with van der Waals surface area (Å²) in [5, 5.41) is 0.721. The molecule has 3 heteroatoms. The molecular formula is C16H13NOS. The molecule has 0 fully saturated rings. The summed E-state index contributed by atoms with van der Waals surface area (Å²) in [6.45, 7) is 0.536. The van der Waals surface area contributed by atoms with Crippen LogP contribution in [0.2, 0.25) is 0 Å². The topological polar surface area (TPSA) is 22.1 Å². The third-order valence-electron chi connectivity index (χ3n) is 2.69. The third kappa shape index (κ3) is 3.01. The molecule has 0 spiro atoms. The Hall–Kier alpha value is -2.13. The number of thiazole rings is 1. The maximum Gasteiger partial charge on any atom is 0.274 e. The molecule has 94 valence electrons. The second-order valence-corrected chi connectivity index (χ2v) is 5.06. The molecule has 19 heavy (non-hydrogen) atoms. The first-order chi connectivity index (χ1) is 9.42. The van der Waals surface area contributed by atoms with Gasteiger partial charge in [-0.25, -0.2) is 4.98 Å². The Bertz CT molecular complexity index is 655. The van der Waals surface area contributed by atoms with E-state index in [1.807, 2.05) is 48.6 Å². The molecular weight excluding hydrogens is 254 g/mol. The van der Waals surface area contributed by atoms with Gasteiger partial charge in [0.05, 0.1) is 10.2 Å². The number of hydrogen-bond acceptors (Lipinski definition) is 3. The lowest BCUT2D eigenvalue weighted by atomic mass is 10.2. The van der Waals surface area contributed by atoms with Crippen LogP contribution in [0.5, 0.6) is 5.19 Å². The molecule has 0 bridgehead atoms. The Balaban J connectivity index is 1.62. The van der Waals surface area contributed by atoms with Gasteiger partial charge in [0.2, 0.25) is 0 Å². The van der Waals surface area contributed by atoms with Gasteiger partial charge < -0.3 is 4.74 Å². The Labute approximate surface area is 116 Å². The van der Waals surface area contributed by atoms with E-state index in [0.717, 1.165) is 15.4 Å². The molecule has 0 saturated heterocycles. The first-order valence-electron chi connectivity index (χ1n) is 6.12. The summed E-state index contributed by atoms with van der Waals surface area (Å²) in [5.74, 6) is 0. The summed E-state index contributed by atoms with van der Waals surface area (Å²) >= 11 is 1.58. The summed E-state index contributed by atoms with van der Waals surface area (Å²) in [6.07, 6.45) is 4.05. The maximum atomic E-state index is 5.63. The summed E-state index contributed by atoms with van der Waals surface area (Å²) < 4.78 is 6.79. The van der Waals surface area contributed by atoms with Gasteiger partial charge in [0.15, 0.2) is 0 Å². The number of nitrogens with zero attached hydrogens (tertiary/aromatic N) is 1. The molecule has 0 N–H and O–H groups in total. The highest BCUT2D eigenvalue weighted by Crippen LogP contribution is 2.27. The zero-order valence-corrected chi connectivity index (χ0v) is 11.1. The molecule has 0 saturated carbocycles. The van der Waals surface area contributed by atoms with Crippen molar-refractivity contribution in [1.82, 2.24) is 4.98 Å². The number of benzene rings is 2. The van der Waals surface area contributed by atoms with Gasteiger partial charge in [0.1, 0.15) is 6.61 Å². The van der Waals surface area contributed by atoms with Crippen LogP contribution in [-0.2, 0) is 0 Å². The minimum absolute atomic E-state index is 0.536. The molecule has 0 radical (unpaired) electrons. The molecule has 3 aromatic rings. The first kappa shape index (κ1) is 11.9. The number of rotatable bonds is 4. The highest BCUT2D eigenvalue weighted by Gasteiger charge is 2.02. The summed E-state index contributed by atoms with van der Waals surface area (Å²) in [6, 6.07) is 18.2. The average Bonchev–Trinajstić information content (AvgIpc) is 2.87. The third-order valence-corrected chi connectivity index (χ3v) is 3.64. The summed E-state index contributed by atoms with van der Waals surface area (Å²) in [7, 11) is 0. The van der Waals surface area contributed by atoms with E-state index in [1.54, 1.807) is 11.3 Å². The van der Waals surface area contributed by atoms with Crippen molar-refractivity contribution in [2.24, 2.45) is 0 Å². The first-order valence-corrected chi connectivity index (χ1v) is 6.93. The Morgan fingerprint density at radius 3 is 2.63 bits per heavy atom. The van der Waals surface area contributed by atoms with Gasteiger partial charge in [-0.3, -0.25) is 0 Å². The predicted octanol–water partition coefficient (Wildman–Crippen LogP) is 4.39. The quantitative estimate of drug-likeness (QED) is 0.699. The van der Waals surface area contributed by atoms with E-state index in [9.17, 15) is 0 Å². The number of ether oxygens (including phenoxy) is 1. The number of hydrogen-bond donors (Lipinski definition) is 0. The molecule has 0 atom stereocenters. The fourth-order valence-electron chi connectivity index (χ4n) is 1.78. The van der Waals surface area contributed by atoms with Crippen LogP contribution in [-0.4, -0.2) is 11.6 Å². The molecule has 1 heterocycles. The molecule has 2 aromatic carbocycles. The van der Waals surface area contributed by atoms with Crippen molar-refractivity contribution in [1.29, 1.82) is 0 Å². The zero-order valence-electron chi connectivity index (χ0n) is 10.3. The fourth-order valence-corrected chi connectivity index (χ4v) is 2.60. The Morgan fingerprint density at radius 1 is 1.00 bits per heavy atom. The Kier molecular flexibility index (Phi) is 3.56. The van der Waals surface area contributed by atoms with Crippen LogP contribution in [0.3, 0.4) is 0 Å². The van der Waals surface area contributed by atoms with E-state index in [4.69, 9.17) is 4.74 Å². The van der Waals surface area contributed by atoms with Crippen LogP contribution >= 0.6 is 11.3 Å². The van der Waals surface area contributed by atoms with Gasteiger partial charge in [-0.1, -0.05) is 59.9 Å². The molecule has 0 aliphatic carbocycles. The highest BCUT2D eigenvalue weighted by molar-refractivity contribution is 7.20. The van der Waals surface area contributed by atoms with E-state index in [0.29, 0.717) is 6.61 Å². The van der Waals surface area contributed by atoms with Crippen molar-refractivity contribution in [3.8, 4) is 5.19 Å². The number of fused-ring (bicyclic) bond motifs is 1. The minimum atomic E-state index is 0.536. The lowest BCUT2D eigenvalue weighted by Crippen LogP contribution is -1.91. The molecule has 2 nitrogen and oxygen atoms in total. The highest BCUT2D eigenvalue weighted by atomic mass is 32.1. The van der Waals surface area contributed by atoms with E-state index >= 15 is 0 Å². The SMILES string of the molecule is C(=Cc1ccccc1)COc1nc2ccccc2s1. The lowest BCUT2D eigenvalue weighted by molar-refractivity contribution is 0.362. The lowest BCUT2D eigenvalue weighted by Gasteiger charge is -1.96. The van der Waals surface area contributed by atoms with E-state index < -0.39 is 0 Å². The van der Waals surface area contributed by atoms with Crippen LogP contribution in [0.1, 0.15) is 5.56 Å². The van der Waals surface area contributed by atoms with Crippen molar-refractivity contribution >= 4 is 27.6 Å². The minimum Gasteiger partial charge on any atom is -0.466 e. The van der Waals surface area contributed by atoms with Gasteiger partial charge in [0.25, 0.3) is 5.19 Å². The van der Waals surface area contributed by atoms with E-state index in [1.165, 1.54) is 5.56 Å². The van der Waals surface area contributed by atoms with Gasteiger partial charge in [-0.2, -0.15) is 0 Å². The summed E-state index contributed by atoms with van der Waals surface area (Å²) in [5.41, 5.74) is 2.17. The van der Waals surface area contributed by atoms with E-state index in [-0.39, 0.29) is 0 Å². The van der Waals surface area contributed by atoms with Crippen molar-refractivity contribution < 1.29 is 4.74 Å². The smallest absolute Gasteiger partial charge is 0.274 e. The fraction of sp³-hybridized carbons (Fsp3) is 0.0625. The maximum absolute atomic E-state index is 5.63. The van der Waals surface area contributed by atoms with Crippen LogP contribution in [0.15, 0.2) is 60.7 Å².